The smallest absolute Gasteiger partial charge is 0.0930 e. The van der Waals surface area contributed by atoms with Gasteiger partial charge in [-0.3, -0.25) is 0 Å². The van der Waals surface area contributed by atoms with Crippen molar-refractivity contribution in [2.75, 3.05) is 26.9 Å². The van der Waals surface area contributed by atoms with Crippen molar-refractivity contribution in [1.29, 1.82) is 0 Å². The molecule has 0 aliphatic rings. The van der Waals surface area contributed by atoms with E-state index in [-0.39, 0.29) is 6.10 Å². The van der Waals surface area contributed by atoms with E-state index in [2.05, 4.69) is 6.92 Å². The largest absolute Gasteiger partial charge is 0.382 e. The summed E-state index contributed by atoms with van der Waals surface area (Å²) < 4.78 is 10.4. The summed E-state index contributed by atoms with van der Waals surface area (Å²) in [6, 6.07) is 0. The molecule has 0 aromatic rings. The third-order valence-corrected chi connectivity index (χ3v) is 1.72. The van der Waals surface area contributed by atoms with Crippen LogP contribution in [0.3, 0.4) is 0 Å². The van der Waals surface area contributed by atoms with E-state index in [1.165, 1.54) is 12.8 Å². The summed E-state index contributed by atoms with van der Waals surface area (Å²) in [5.41, 5.74) is 5.47. The molecule has 0 heterocycles. The Labute approximate surface area is 75.2 Å². The minimum atomic E-state index is 0.0758. The Hall–Kier alpha value is -0.120. The number of unbranched alkanes of at least 4 members (excludes halogenated alkanes) is 2. The maximum absolute atomic E-state index is 5.48. The fourth-order valence-electron chi connectivity index (χ4n) is 0.972. The lowest BCUT2D eigenvalue weighted by atomic mass is 10.3. The van der Waals surface area contributed by atoms with E-state index in [0.29, 0.717) is 13.2 Å². The van der Waals surface area contributed by atoms with E-state index in [1.807, 2.05) is 0 Å². The normalized spacial score (nSPS) is 13.2. The third kappa shape index (κ3) is 6.58. The van der Waals surface area contributed by atoms with Gasteiger partial charge in [0.15, 0.2) is 0 Å². The Kier molecular flexibility index (Phi) is 8.88. The van der Waals surface area contributed by atoms with Crippen LogP contribution in [0.4, 0.5) is 0 Å². The second-order valence-electron chi connectivity index (χ2n) is 2.89. The molecular formula is C9H21NO2. The molecule has 3 nitrogen and oxygen atoms in total. The number of rotatable bonds is 8. The van der Waals surface area contributed by atoms with Crippen LogP contribution in [-0.2, 0) is 9.47 Å². The van der Waals surface area contributed by atoms with Crippen molar-refractivity contribution < 1.29 is 9.47 Å². The molecule has 0 rings (SSSR count). The number of nitrogens with two attached hydrogens (primary N) is 1. The fraction of sp³-hybridized carbons (Fsp3) is 1.00. The first-order valence-corrected chi connectivity index (χ1v) is 4.65. The zero-order valence-electron chi connectivity index (χ0n) is 8.21. The van der Waals surface area contributed by atoms with Gasteiger partial charge in [-0.25, -0.2) is 0 Å². The van der Waals surface area contributed by atoms with Gasteiger partial charge in [0, 0.05) is 20.3 Å². The Bertz CT molecular complexity index is 88.6. The molecule has 2 N–H and O–H groups in total. The minimum Gasteiger partial charge on any atom is -0.382 e. The monoisotopic (exact) mass is 175 g/mol. The lowest BCUT2D eigenvalue weighted by Gasteiger charge is -2.14. The second-order valence-corrected chi connectivity index (χ2v) is 2.89. The van der Waals surface area contributed by atoms with Crippen LogP contribution < -0.4 is 5.73 Å². The molecular weight excluding hydrogens is 154 g/mol. The standard InChI is InChI=1S/C9H21NO2/c1-3-4-5-6-12-9(7-10)8-11-2/h9H,3-8,10H2,1-2H3. The molecule has 0 saturated heterocycles. The molecule has 0 amide bonds. The summed E-state index contributed by atoms with van der Waals surface area (Å²) in [4.78, 5) is 0. The molecule has 0 aliphatic heterocycles. The molecule has 0 radical (unpaired) electrons. The molecule has 0 saturated carbocycles. The first-order valence-electron chi connectivity index (χ1n) is 4.65. The molecule has 0 spiro atoms. The van der Waals surface area contributed by atoms with Gasteiger partial charge in [0.2, 0.25) is 0 Å². The van der Waals surface area contributed by atoms with Gasteiger partial charge in [0.25, 0.3) is 0 Å². The van der Waals surface area contributed by atoms with Crippen LogP contribution in [0.5, 0.6) is 0 Å². The van der Waals surface area contributed by atoms with Crippen molar-refractivity contribution in [3.63, 3.8) is 0 Å². The first-order chi connectivity index (χ1) is 5.85. The number of ether oxygens (including phenoxy) is 2. The molecule has 0 fully saturated rings. The van der Waals surface area contributed by atoms with E-state index >= 15 is 0 Å². The highest BCUT2D eigenvalue weighted by Crippen LogP contribution is 1.97. The number of methoxy groups -OCH3 is 1. The Balaban J connectivity index is 3.19. The molecule has 12 heavy (non-hydrogen) atoms. The molecule has 0 aromatic heterocycles. The topological polar surface area (TPSA) is 44.5 Å². The van der Waals surface area contributed by atoms with Gasteiger partial charge < -0.3 is 15.2 Å². The predicted octanol–water partition coefficient (Wildman–Crippen LogP) is 1.17. The Morgan fingerprint density at radius 2 is 2.08 bits per heavy atom. The van der Waals surface area contributed by atoms with Gasteiger partial charge >= 0.3 is 0 Å². The number of hydrogen-bond donors (Lipinski definition) is 1. The van der Waals surface area contributed by atoms with Crippen molar-refractivity contribution in [2.45, 2.75) is 32.3 Å². The highest BCUT2D eigenvalue weighted by Gasteiger charge is 2.04. The van der Waals surface area contributed by atoms with E-state index < -0.39 is 0 Å². The van der Waals surface area contributed by atoms with E-state index in [0.717, 1.165) is 13.0 Å². The first kappa shape index (κ1) is 11.9. The lowest BCUT2D eigenvalue weighted by Crippen LogP contribution is -2.28. The lowest BCUT2D eigenvalue weighted by molar-refractivity contribution is 0.00221. The maximum atomic E-state index is 5.48. The van der Waals surface area contributed by atoms with Crippen LogP contribution in [0.15, 0.2) is 0 Å². The molecule has 74 valence electrons. The van der Waals surface area contributed by atoms with Gasteiger partial charge in [-0.1, -0.05) is 19.8 Å². The Morgan fingerprint density at radius 3 is 2.58 bits per heavy atom. The quantitative estimate of drug-likeness (QED) is 0.563. The molecule has 0 bridgehead atoms. The van der Waals surface area contributed by atoms with Crippen molar-refractivity contribution in [2.24, 2.45) is 5.73 Å². The molecule has 1 atom stereocenters. The van der Waals surface area contributed by atoms with Crippen LogP contribution in [0.25, 0.3) is 0 Å². The summed E-state index contributed by atoms with van der Waals surface area (Å²) in [7, 11) is 1.66. The molecule has 3 heteroatoms. The van der Waals surface area contributed by atoms with Gasteiger partial charge in [0.1, 0.15) is 0 Å². The second kappa shape index (κ2) is 8.97. The van der Waals surface area contributed by atoms with Crippen LogP contribution >= 0.6 is 0 Å². The Morgan fingerprint density at radius 1 is 1.33 bits per heavy atom. The zero-order valence-corrected chi connectivity index (χ0v) is 8.21. The average Bonchev–Trinajstić information content (AvgIpc) is 2.10. The zero-order chi connectivity index (χ0) is 9.23. The summed E-state index contributed by atoms with van der Waals surface area (Å²) in [5, 5.41) is 0. The van der Waals surface area contributed by atoms with Gasteiger partial charge in [0.05, 0.1) is 12.7 Å². The van der Waals surface area contributed by atoms with Crippen molar-refractivity contribution in [3.05, 3.63) is 0 Å². The van der Waals surface area contributed by atoms with Crippen molar-refractivity contribution >= 4 is 0 Å². The van der Waals surface area contributed by atoms with Gasteiger partial charge in [-0.05, 0) is 6.42 Å². The molecule has 1 unspecified atom stereocenters. The summed E-state index contributed by atoms with van der Waals surface area (Å²) >= 11 is 0. The number of hydrogen-bond acceptors (Lipinski definition) is 3. The summed E-state index contributed by atoms with van der Waals surface area (Å²) in [6.45, 7) is 4.12. The SMILES string of the molecule is CCCCCOC(CN)COC. The summed E-state index contributed by atoms with van der Waals surface area (Å²) in [6.07, 6.45) is 3.65. The summed E-state index contributed by atoms with van der Waals surface area (Å²) in [5.74, 6) is 0. The highest BCUT2D eigenvalue weighted by atomic mass is 16.5. The third-order valence-electron chi connectivity index (χ3n) is 1.72. The molecule has 0 aromatic carbocycles. The van der Waals surface area contributed by atoms with E-state index in [9.17, 15) is 0 Å². The van der Waals surface area contributed by atoms with Crippen molar-refractivity contribution in [1.82, 2.24) is 0 Å². The van der Waals surface area contributed by atoms with Crippen molar-refractivity contribution in [3.8, 4) is 0 Å². The van der Waals surface area contributed by atoms with E-state index in [4.69, 9.17) is 15.2 Å². The van der Waals surface area contributed by atoms with Crippen LogP contribution in [0.1, 0.15) is 26.2 Å². The van der Waals surface area contributed by atoms with Crippen LogP contribution in [0.2, 0.25) is 0 Å². The fourth-order valence-corrected chi connectivity index (χ4v) is 0.972. The van der Waals surface area contributed by atoms with Crippen LogP contribution in [-0.4, -0.2) is 33.0 Å². The predicted molar refractivity (Wildman–Crippen MR) is 50.2 cm³/mol. The minimum absolute atomic E-state index is 0.0758. The van der Waals surface area contributed by atoms with Crippen LogP contribution in [0, 0.1) is 0 Å². The van der Waals surface area contributed by atoms with E-state index in [1.54, 1.807) is 7.11 Å². The van der Waals surface area contributed by atoms with Gasteiger partial charge in [-0.2, -0.15) is 0 Å². The molecule has 0 aliphatic carbocycles. The van der Waals surface area contributed by atoms with Gasteiger partial charge in [-0.15, -0.1) is 0 Å². The maximum Gasteiger partial charge on any atom is 0.0930 e. The highest BCUT2D eigenvalue weighted by molar-refractivity contribution is 4.56. The average molecular weight is 175 g/mol.